The number of amides is 2. The lowest BCUT2D eigenvalue weighted by molar-refractivity contribution is 0.00545. The Morgan fingerprint density at radius 3 is 2.65 bits per heavy atom. The van der Waals surface area contributed by atoms with E-state index in [9.17, 15) is 9.90 Å². The molecule has 23 heavy (non-hydrogen) atoms. The number of benzene rings is 1. The molecule has 0 bridgehead atoms. The molecule has 0 aliphatic carbocycles. The van der Waals surface area contributed by atoms with E-state index in [4.69, 9.17) is 9.47 Å². The van der Waals surface area contributed by atoms with Crippen molar-refractivity contribution in [1.82, 2.24) is 10.6 Å². The Bertz CT molecular complexity index is 449. The van der Waals surface area contributed by atoms with E-state index in [1.165, 1.54) is 0 Å². The van der Waals surface area contributed by atoms with Gasteiger partial charge in [0, 0.05) is 19.8 Å². The van der Waals surface area contributed by atoms with Gasteiger partial charge in [-0.25, -0.2) is 4.79 Å². The molecule has 1 aromatic carbocycles. The fourth-order valence-electron chi connectivity index (χ4n) is 2.58. The number of aliphatic hydroxyl groups is 1. The Morgan fingerprint density at radius 2 is 1.91 bits per heavy atom. The number of hydrogen-bond donors (Lipinski definition) is 3. The van der Waals surface area contributed by atoms with E-state index in [1.807, 2.05) is 30.3 Å². The zero-order valence-electron chi connectivity index (χ0n) is 13.4. The van der Waals surface area contributed by atoms with Crippen molar-refractivity contribution in [1.29, 1.82) is 0 Å². The first-order valence-electron chi connectivity index (χ1n) is 8.21. The molecule has 1 heterocycles. The molecule has 2 amide bonds. The van der Waals surface area contributed by atoms with Gasteiger partial charge >= 0.3 is 6.03 Å². The van der Waals surface area contributed by atoms with Crippen molar-refractivity contribution in [2.75, 3.05) is 32.9 Å². The van der Waals surface area contributed by atoms with Crippen molar-refractivity contribution in [2.45, 2.75) is 25.4 Å². The molecule has 1 aliphatic heterocycles. The van der Waals surface area contributed by atoms with E-state index < -0.39 is 0 Å². The molecule has 0 aromatic heterocycles. The van der Waals surface area contributed by atoms with Gasteiger partial charge in [0.15, 0.2) is 0 Å². The quantitative estimate of drug-likeness (QED) is 0.634. The number of urea groups is 1. The molecule has 1 fully saturated rings. The summed E-state index contributed by atoms with van der Waals surface area (Å²) in [4.78, 5) is 11.6. The molecule has 6 nitrogen and oxygen atoms in total. The maximum Gasteiger partial charge on any atom is 0.314 e. The van der Waals surface area contributed by atoms with Crippen LogP contribution in [0.25, 0.3) is 0 Å². The smallest absolute Gasteiger partial charge is 0.314 e. The van der Waals surface area contributed by atoms with E-state index in [1.54, 1.807) is 0 Å². The zero-order chi connectivity index (χ0) is 16.3. The Kier molecular flexibility index (Phi) is 7.69. The van der Waals surface area contributed by atoms with Gasteiger partial charge in [-0.05, 0) is 37.3 Å². The second kappa shape index (κ2) is 10.1. The van der Waals surface area contributed by atoms with Gasteiger partial charge < -0.3 is 25.2 Å². The fraction of sp³-hybridized carbons (Fsp3) is 0.588. The van der Waals surface area contributed by atoms with E-state index >= 15 is 0 Å². The highest BCUT2D eigenvalue weighted by molar-refractivity contribution is 5.73. The molecule has 0 saturated carbocycles. The monoisotopic (exact) mass is 322 g/mol. The summed E-state index contributed by atoms with van der Waals surface area (Å²) in [6, 6.07) is 9.24. The second-order valence-corrected chi connectivity index (χ2v) is 5.65. The first-order chi connectivity index (χ1) is 11.3. The predicted molar refractivity (Wildman–Crippen MR) is 87.5 cm³/mol. The third-order valence-corrected chi connectivity index (χ3v) is 3.94. The molecule has 1 atom stereocenters. The minimum Gasteiger partial charge on any atom is -0.492 e. The van der Waals surface area contributed by atoms with Crippen LogP contribution < -0.4 is 15.4 Å². The third kappa shape index (κ3) is 6.88. The van der Waals surface area contributed by atoms with Crippen LogP contribution >= 0.6 is 0 Å². The predicted octanol–water partition coefficient (Wildman–Crippen LogP) is 1.54. The summed E-state index contributed by atoms with van der Waals surface area (Å²) in [5.74, 6) is 1.07. The minimum absolute atomic E-state index is 0.235. The van der Waals surface area contributed by atoms with Gasteiger partial charge in [-0.3, -0.25) is 0 Å². The van der Waals surface area contributed by atoms with E-state index in [0.29, 0.717) is 26.1 Å². The molecular weight excluding hydrogens is 296 g/mol. The summed E-state index contributed by atoms with van der Waals surface area (Å²) in [6.07, 6.45) is 1.98. The minimum atomic E-state index is -0.374. The van der Waals surface area contributed by atoms with Crippen LogP contribution in [0.3, 0.4) is 0 Å². The Balaban J connectivity index is 1.49. The number of para-hydroxylation sites is 1. The number of nitrogens with one attached hydrogen (secondary N) is 2. The van der Waals surface area contributed by atoms with E-state index in [-0.39, 0.29) is 18.1 Å². The van der Waals surface area contributed by atoms with Gasteiger partial charge in [0.25, 0.3) is 0 Å². The maximum atomic E-state index is 11.6. The number of hydrogen-bond acceptors (Lipinski definition) is 4. The van der Waals surface area contributed by atoms with Gasteiger partial charge in [0.05, 0.1) is 12.6 Å². The molecule has 1 aliphatic rings. The lowest BCUT2D eigenvalue weighted by Crippen LogP contribution is -2.39. The number of rotatable bonds is 8. The lowest BCUT2D eigenvalue weighted by Gasteiger charge is -2.26. The summed E-state index contributed by atoms with van der Waals surface area (Å²) in [5.41, 5.74) is 0. The molecule has 1 saturated heterocycles. The van der Waals surface area contributed by atoms with Gasteiger partial charge in [-0.15, -0.1) is 0 Å². The topological polar surface area (TPSA) is 79.8 Å². The molecule has 2 rings (SSSR count). The molecule has 1 unspecified atom stereocenters. The summed E-state index contributed by atoms with van der Waals surface area (Å²) in [6.45, 7) is 2.75. The molecule has 128 valence electrons. The molecule has 6 heteroatoms. The average Bonchev–Trinajstić information content (AvgIpc) is 2.60. The highest BCUT2D eigenvalue weighted by atomic mass is 16.5. The van der Waals surface area contributed by atoms with Gasteiger partial charge in [-0.2, -0.15) is 0 Å². The fourth-order valence-corrected chi connectivity index (χ4v) is 2.58. The Labute approximate surface area is 137 Å². The van der Waals surface area contributed by atoms with Crippen molar-refractivity contribution in [3.05, 3.63) is 30.3 Å². The molecular formula is C17H26N2O4. The Hall–Kier alpha value is -1.79. The van der Waals surface area contributed by atoms with Crippen molar-refractivity contribution in [3.63, 3.8) is 0 Å². The largest absolute Gasteiger partial charge is 0.492 e. The van der Waals surface area contributed by atoms with Crippen LogP contribution in [0, 0.1) is 5.92 Å². The van der Waals surface area contributed by atoms with Crippen LogP contribution in [0.15, 0.2) is 30.3 Å². The average molecular weight is 322 g/mol. The van der Waals surface area contributed by atoms with Crippen LogP contribution in [0.5, 0.6) is 5.75 Å². The van der Waals surface area contributed by atoms with Crippen molar-refractivity contribution < 1.29 is 19.4 Å². The zero-order valence-corrected chi connectivity index (χ0v) is 13.4. The Morgan fingerprint density at radius 1 is 1.22 bits per heavy atom. The van der Waals surface area contributed by atoms with Gasteiger partial charge in [0.1, 0.15) is 12.4 Å². The summed E-state index contributed by atoms with van der Waals surface area (Å²) in [5, 5.41) is 15.6. The third-order valence-electron chi connectivity index (χ3n) is 3.94. The summed E-state index contributed by atoms with van der Waals surface area (Å²) >= 11 is 0. The van der Waals surface area contributed by atoms with Crippen LogP contribution in [0.1, 0.15) is 19.3 Å². The molecule has 0 spiro atoms. The first-order valence-corrected chi connectivity index (χ1v) is 8.21. The highest BCUT2D eigenvalue weighted by Crippen LogP contribution is 2.20. The van der Waals surface area contributed by atoms with E-state index in [2.05, 4.69) is 10.6 Å². The molecule has 0 radical (unpaired) electrons. The summed E-state index contributed by atoms with van der Waals surface area (Å²) < 4.78 is 10.8. The van der Waals surface area contributed by atoms with Crippen LogP contribution in [-0.4, -0.2) is 50.2 Å². The van der Waals surface area contributed by atoms with Crippen molar-refractivity contribution in [2.24, 2.45) is 5.92 Å². The SMILES string of the molecule is O=C(NCCOc1ccccc1)NCCC(O)C1CCOCC1. The highest BCUT2D eigenvalue weighted by Gasteiger charge is 2.21. The normalized spacial score (nSPS) is 16.6. The van der Waals surface area contributed by atoms with Crippen LogP contribution in [0.2, 0.25) is 0 Å². The molecule has 3 N–H and O–H groups in total. The number of carbonyl (C=O) groups is 1. The number of aliphatic hydroxyl groups excluding tert-OH is 1. The number of ether oxygens (including phenoxy) is 2. The van der Waals surface area contributed by atoms with Gasteiger partial charge in [0.2, 0.25) is 0 Å². The van der Waals surface area contributed by atoms with Crippen molar-refractivity contribution in [3.8, 4) is 5.75 Å². The number of carbonyl (C=O) groups excluding carboxylic acids is 1. The van der Waals surface area contributed by atoms with Crippen molar-refractivity contribution >= 4 is 6.03 Å². The maximum absolute atomic E-state index is 11.6. The van der Waals surface area contributed by atoms with Gasteiger partial charge in [-0.1, -0.05) is 18.2 Å². The second-order valence-electron chi connectivity index (χ2n) is 5.65. The first kappa shape index (κ1) is 17.6. The standard InChI is InChI=1S/C17H26N2O4/c20-16(14-7-11-22-12-8-14)6-9-18-17(21)19-10-13-23-15-4-2-1-3-5-15/h1-5,14,16,20H,6-13H2,(H2,18,19,21). The van der Waals surface area contributed by atoms with E-state index in [0.717, 1.165) is 31.8 Å². The lowest BCUT2D eigenvalue weighted by atomic mass is 9.92. The summed E-state index contributed by atoms with van der Waals surface area (Å²) in [7, 11) is 0. The molecule has 1 aromatic rings. The van der Waals surface area contributed by atoms with Crippen LogP contribution in [0.4, 0.5) is 4.79 Å². The van der Waals surface area contributed by atoms with Crippen LogP contribution in [-0.2, 0) is 4.74 Å².